The Morgan fingerprint density at radius 3 is 1.79 bits per heavy atom. The van der Waals surface area contributed by atoms with Crippen molar-refractivity contribution >= 4 is 7.60 Å². The molecule has 1 unspecified atom stereocenters. The summed E-state index contributed by atoms with van der Waals surface area (Å²) in [5.74, 6) is 0.718. The molecule has 29 heavy (non-hydrogen) atoms. The summed E-state index contributed by atoms with van der Waals surface area (Å²) in [6.07, 6.45) is 18.7. The summed E-state index contributed by atoms with van der Waals surface area (Å²) in [5.41, 5.74) is 0.774. The molecule has 1 atom stereocenters. The molecule has 0 aliphatic heterocycles. The molecule has 0 fully saturated rings. The van der Waals surface area contributed by atoms with E-state index in [2.05, 4.69) is 6.92 Å². The fraction of sp³-hybridized carbons (Fsp3) is 0.750. The summed E-state index contributed by atoms with van der Waals surface area (Å²) in [7, 11) is -3.72. The van der Waals surface area contributed by atoms with Gasteiger partial charge in [-0.05, 0) is 12.5 Å². The Kier molecular flexibility index (Phi) is 15.3. The molecular formula is C24H42O4P-. The fourth-order valence-corrected chi connectivity index (χ4v) is 3.80. The molecule has 0 aromatic heterocycles. The summed E-state index contributed by atoms with van der Waals surface area (Å²) in [5, 5.41) is 0. The Morgan fingerprint density at radius 2 is 1.28 bits per heavy atom. The zero-order valence-electron chi connectivity index (χ0n) is 18.7. The first-order chi connectivity index (χ1) is 14.0. The molecule has 0 radical (unpaired) electrons. The van der Waals surface area contributed by atoms with Crippen molar-refractivity contribution in [3.8, 4) is 5.75 Å². The van der Waals surface area contributed by atoms with Gasteiger partial charge in [0.25, 0.3) is 0 Å². The van der Waals surface area contributed by atoms with Crippen LogP contribution in [0.4, 0.5) is 0 Å². The second-order valence-corrected chi connectivity index (χ2v) is 9.90. The van der Waals surface area contributed by atoms with Gasteiger partial charge in [-0.2, -0.15) is 0 Å². The molecule has 0 N–H and O–H groups in total. The Morgan fingerprint density at radius 1 is 0.793 bits per heavy atom. The Labute approximate surface area is 178 Å². The lowest BCUT2D eigenvalue weighted by atomic mass is 10.0. The number of benzene rings is 1. The molecule has 0 aliphatic rings. The number of para-hydroxylation sites is 1. The van der Waals surface area contributed by atoms with Crippen LogP contribution in [0.25, 0.3) is 0 Å². The number of hydrogen-bond donors (Lipinski definition) is 0. The van der Waals surface area contributed by atoms with Gasteiger partial charge in [-0.1, -0.05) is 109 Å². The predicted molar refractivity (Wildman–Crippen MR) is 121 cm³/mol. The highest BCUT2D eigenvalue weighted by Crippen LogP contribution is 2.34. The fourth-order valence-electron chi connectivity index (χ4n) is 3.43. The van der Waals surface area contributed by atoms with E-state index >= 15 is 0 Å². The highest BCUT2D eigenvalue weighted by Gasteiger charge is 2.06. The summed E-state index contributed by atoms with van der Waals surface area (Å²) in [4.78, 5) is 11.2. The van der Waals surface area contributed by atoms with Gasteiger partial charge in [0.1, 0.15) is 13.3 Å². The smallest absolute Gasteiger partial charge is 0.132 e. The monoisotopic (exact) mass is 425 g/mol. The van der Waals surface area contributed by atoms with Crippen LogP contribution in [0.2, 0.25) is 0 Å². The highest BCUT2D eigenvalue weighted by atomic mass is 31.2. The average molecular weight is 426 g/mol. The van der Waals surface area contributed by atoms with Crippen molar-refractivity contribution in [1.29, 1.82) is 0 Å². The van der Waals surface area contributed by atoms with Crippen LogP contribution < -0.4 is 9.63 Å². The third-order valence-electron chi connectivity index (χ3n) is 5.18. The van der Waals surface area contributed by atoms with Gasteiger partial charge in [0, 0.05) is 12.2 Å². The van der Waals surface area contributed by atoms with E-state index in [1.165, 1.54) is 83.5 Å². The molecule has 0 heterocycles. The number of rotatable bonds is 19. The van der Waals surface area contributed by atoms with E-state index in [1.54, 1.807) is 0 Å². The zero-order chi connectivity index (χ0) is 21.2. The third-order valence-corrected chi connectivity index (χ3v) is 5.78. The second kappa shape index (κ2) is 16.9. The Balaban J connectivity index is 1.97. The lowest BCUT2D eigenvalue weighted by Gasteiger charge is -2.19. The van der Waals surface area contributed by atoms with Crippen LogP contribution in [0.5, 0.6) is 5.75 Å². The van der Waals surface area contributed by atoms with Gasteiger partial charge >= 0.3 is 0 Å². The molecule has 168 valence electrons. The van der Waals surface area contributed by atoms with Crippen LogP contribution in [0.1, 0.15) is 102 Å². The van der Waals surface area contributed by atoms with Crippen molar-refractivity contribution in [3.05, 3.63) is 29.8 Å². The van der Waals surface area contributed by atoms with Crippen molar-refractivity contribution in [2.24, 2.45) is 0 Å². The van der Waals surface area contributed by atoms with Crippen LogP contribution in [0.3, 0.4) is 0 Å². The molecule has 1 rings (SSSR count). The van der Waals surface area contributed by atoms with Crippen molar-refractivity contribution in [2.45, 2.75) is 103 Å². The SMILES string of the molecule is CCCCCCCCCCCCCCCCOc1ccccc1COP(C)(=O)[O-]. The van der Waals surface area contributed by atoms with Crippen LogP contribution in [-0.2, 0) is 15.7 Å². The van der Waals surface area contributed by atoms with E-state index in [4.69, 9.17) is 9.26 Å². The minimum absolute atomic E-state index is 0.0339. The average Bonchev–Trinajstić information content (AvgIpc) is 2.69. The number of unbranched alkanes of at least 4 members (excludes halogenated alkanes) is 13. The Bertz CT molecular complexity index is 556. The molecule has 4 nitrogen and oxygen atoms in total. The molecule has 5 heteroatoms. The first-order valence-corrected chi connectivity index (χ1v) is 13.7. The maximum Gasteiger partial charge on any atom is 0.132 e. The molecule has 0 amide bonds. The van der Waals surface area contributed by atoms with Gasteiger partial charge in [0.15, 0.2) is 0 Å². The van der Waals surface area contributed by atoms with Gasteiger partial charge in [-0.3, -0.25) is 0 Å². The van der Waals surface area contributed by atoms with Gasteiger partial charge in [0.2, 0.25) is 0 Å². The predicted octanol–water partition coefficient (Wildman–Crippen LogP) is 7.25. The largest absolute Gasteiger partial charge is 0.779 e. The normalized spacial score (nSPS) is 13.3. The van der Waals surface area contributed by atoms with Gasteiger partial charge in [-0.25, -0.2) is 0 Å². The quantitative estimate of drug-likeness (QED) is 0.173. The lowest BCUT2D eigenvalue weighted by Crippen LogP contribution is -2.05. The molecule has 1 aromatic carbocycles. The van der Waals surface area contributed by atoms with Crippen molar-refractivity contribution in [1.82, 2.24) is 0 Å². The van der Waals surface area contributed by atoms with Crippen LogP contribution in [0, 0.1) is 0 Å². The molecule has 0 spiro atoms. The van der Waals surface area contributed by atoms with Crippen molar-refractivity contribution < 1.29 is 18.7 Å². The molecule has 0 saturated carbocycles. The van der Waals surface area contributed by atoms with Gasteiger partial charge < -0.3 is 18.7 Å². The maximum absolute atomic E-state index is 11.2. The summed E-state index contributed by atoms with van der Waals surface area (Å²) in [6, 6.07) is 7.47. The van der Waals surface area contributed by atoms with Gasteiger partial charge in [-0.15, -0.1) is 0 Å². The highest BCUT2D eigenvalue weighted by molar-refractivity contribution is 7.50. The summed E-state index contributed by atoms with van der Waals surface area (Å²) >= 11 is 0. The minimum Gasteiger partial charge on any atom is -0.779 e. The summed E-state index contributed by atoms with van der Waals surface area (Å²) in [6.45, 7) is 4.06. The van der Waals surface area contributed by atoms with E-state index in [0.717, 1.165) is 24.4 Å². The van der Waals surface area contributed by atoms with Gasteiger partial charge in [0.05, 0.1) is 13.2 Å². The minimum atomic E-state index is -3.72. The number of ether oxygens (including phenoxy) is 1. The molecule has 0 aliphatic carbocycles. The Hall–Kier alpha value is -0.830. The first-order valence-electron chi connectivity index (χ1n) is 11.7. The zero-order valence-corrected chi connectivity index (χ0v) is 19.6. The molecule has 0 bridgehead atoms. The molecule has 1 aromatic rings. The van der Waals surface area contributed by atoms with E-state index in [1.807, 2.05) is 24.3 Å². The first kappa shape index (κ1) is 26.2. The lowest BCUT2D eigenvalue weighted by molar-refractivity contribution is -0.197. The molecule has 0 saturated heterocycles. The summed E-state index contributed by atoms with van der Waals surface area (Å²) < 4.78 is 21.9. The van der Waals surface area contributed by atoms with Crippen LogP contribution in [-0.4, -0.2) is 13.3 Å². The van der Waals surface area contributed by atoms with E-state index in [0.29, 0.717) is 6.61 Å². The topological polar surface area (TPSA) is 58.6 Å². The van der Waals surface area contributed by atoms with Crippen molar-refractivity contribution in [3.63, 3.8) is 0 Å². The van der Waals surface area contributed by atoms with Crippen molar-refractivity contribution in [2.75, 3.05) is 13.3 Å². The van der Waals surface area contributed by atoms with Crippen LogP contribution in [0.15, 0.2) is 24.3 Å². The maximum atomic E-state index is 11.2. The van der Waals surface area contributed by atoms with E-state index in [-0.39, 0.29) is 6.61 Å². The third kappa shape index (κ3) is 15.6. The standard InChI is InChI=1S/C24H43O4P/c1-3-4-5-6-7-8-9-10-11-12-13-14-15-18-21-27-24-20-17-16-19-23(24)22-28-29(2,25)26/h16-17,19-20H,3-15,18,21-22H2,1-2H3,(H,25,26)/p-1. The van der Waals surface area contributed by atoms with Crippen LogP contribution >= 0.6 is 7.60 Å². The number of hydrogen-bond acceptors (Lipinski definition) is 4. The van der Waals surface area contributed by atoms with E-state index < -0.39 is 7.60 Å². The van der Waals surface area contributed by atoms with E-state index in [9.17, 15) is 9.46 Å². The second-order valence-electron chi connectivity index (χ2n) is 8.10. The molecular weight excluding hydrogens is 383 g/mol.